The minimum absolute atomic E-state index is 0.0181. The molecule has 1 aromatic carbocycles. The van der Waals surface area contributed by atoms with Crippen LogP contribution in [0.2, 0.25) is 5.02 Å². The minimum atomic E-state index is -0.578. The number of H-pyrrole nitrogens is 1. The first kappa shape index (κ1) is 18.6. The van der Waals surface area contributed by atoms with Crippen molar-refractivity contribution in [3.05, 3.63) is 44.4 Å². The Labute approximate surface area is 160 Å². The number of hydrogen-bond acceptors (Lipinski definition) is 7. The first-order chi connectivity index (χ1) is 12.5. The van der Waals surface area contributed by atoms with Crippen LogP contribution in [0, 0.1) is 0 Å². The summed E-state index contributed by atoms with van der Waals surface area (Å²) in [6.45, 7) is -0.100. The average molecular weight is 445 g/mol. The van der Waals surface area contributed by atoms with Gasteiger partial charge in [0.2, 0.25) is 5.95 Å². The number of fused-ring (bicyclic) bond motifs is 1. The molecule has 3 aromatic rings. The van der Waals surface area contributed by atoms with Crippen LogP contribution in [0.3, 0.4) is 0 Å². The maximum absolute atomic E-state index is 11.8. The molecule has 0 radical (unpaired) electrons. The van der Waals surface area contributed by atoms with Gasteiger partial charge in [-0.1, -0.05) is 11.6 Å². The number of anilines is 1. The summed E-state index contributed by atoms with van der Waals surface area (Å²) < 4.78 is 13.1. The van der Waals surface area contributed by atoms with Gasteiger partial charge in [-0.05, 0) is 40.2 Å². The SMILES string of the molecule is Nc1nc2c(nc(Br)n2COCC(CO)Oc2ccc(Cl)cc2)c(=O)[nH]1. The highest BCUT2D eigenvalue weighted by Crippen LogP contribution is 2.18. The summed E-state index contributed by atoms with van der Waals surface area (Å²) in [5.41, 5.74) is 5.57. The predicted molar refractivity (Wildman–Crippen MR) is 99.2 cm³/mol. The topological polar surface area (TPSA) is 128 Å². The van der Waals surface area contributed by atoms with E-state index in [1.54, 1.807) is 24.3 Å². The number of benzene rings is 1. The molecule has 4 N–H and O–H groups in total. The van der Waals surface area contributed by atoms with Crippen molar-refractivity contribution < 1.29 is 14.6 Å². The van der Waals surface area contributed by atoms with Crippen LogP contribution >= 0.6 is 27.5 Å². The van der Waals surface area contributed by atoms with Gasteiger partial charge in [0, 0.05) is 5.02 Å². The number of hydrogen-bond donors (Lipinski definition) is 3. The molecule has 0 saturated heterocycles. The van der Waals surface area contributed by atoms with Crippen molar-refractivity contribution in [1.82, 2.24) is 19.5 Å². The first-order valence-electron chi connectivity index (χ1n) is 7.50. The van der Waals surface area contributed by atoms with Gasteiger partial charge in [-0.25, -0.2) is 4.98 Å². The van der Waals surface area contributed by atoms with Gasteiger partial charge < -0.3 is 20.3 Å². The molecule has 11 heteroatoms. The Morgan fingerprint density at radius 2 is 2.08 bits per heavy atom. The lowest BCUT2D eigenvalue weighted by Crippen LogP contribution is -2.27. The normalized spacial score (nSPS) is 12.4. The van der Waals surface area contributed by atoms with Crippen LogP contribution in [0.5, 0.6) is 5.75 Å². The van der Waals surface area contributed by atoms with Gasteiger partial charge in [0.05, 0.1) is 13.2 Å². The molecule has 9 nitrogen and oxygen atoms in total. The number of imidazole rings is 1. The van der Waals surface area contributed by atoms with Crippen LogP contribution in [0.1, 0.15) is 0 Å². The van der Waals surface area contributed by atoms with Crippen molar-refractivity contribution in [2.45, 2.75) is 12.8 Å². The Hall–Kier alpha value is -2.14. The summed E-state index contributed by atoms with van der Waals surface area (Å²) in [5, 5.41) is 10.1. The molecule has 0 spiro atoms. The van der Waals surface area contributed by atoms with Gasteiger partial charge >= 0.3 is 0 Å². The summed E-state index contributed by atoms with van der Waals surface area (Å²) in [5.74, 6) is 0.544. The monoisotopic (exact) mass is 443 g/mol. The Balaban J connectivity index is 1.67. The Morgan fingerprint density at radius 1 is 1.35 bits per heavy atom. The van der Waals surface area contributed by atoms with E-state index in [0.29, 0.717) is 15.5 Å². The van der Waals surface area contributed by atoms with E-state index in [4.69, 9.17) is 26.8 Å². The van der Waals surface area contributed by atoms with Gasteiger partial charge in [0.1, 0.15) is 18.6 Å². The van der Waals surface area contributed by atoms with Crippen LogP contribution in [-0.2, 0) is 11.5 Å². The lowest BCUT2D eigenvalue weighted by atomic mass is 10.3. The van der Waals surface area contributed by atoms with Crippen molar-refractivity contribution >= 4 is 44.6 Å². The van der Waals surface area contributed by atoms with Gasteiger partial charge in [-0.2, -0.15) is 4.98 Å². The largest absolute Gasteiger partial charge is 0.486 e. The third kappa shape index (κ3) is 4.15. The number of aliphatic hydroxyl groups is 1. The molecule has 3 rings (SSSR count). The summed E-state index contributed by atoms with van der Waals surface area (Å²) in [4.78, 5) is 22.4. The van der Waals surface area contributed by atoms with Gasteiger partial charge in [-0.3, -0.25) is 14.3 Å². The van der Waals surface area contributed by atoms with Crippen LogP contribution in [0.4, 0.5) is 5.95 Å². The molecule has 1 atom stereocenters. The molecular formula is C15H15BrClN5O4. The molecular weight excluding hydrogens is 430 g/mol. The van der Waals surface area contributed by atoms with Crippen LogP contribution in [-0.4, -0.2) is 43.9 Å². The number of rotatable bonds is 7. The molecule has 0 bridgehead atoms. The van der Waals surface area contributed by atoms with Gasteiger partial charge in [0.25, 0.3) is 5.56 Å². The molecule has 0 saturated carbocycles. The zero-order chi connectivity index (χ0) is 18.7. The molecule has 2 heterocycles. The predicted octanol–water partition coefficient (Wildman–Crippen LogP) is 1.53. The van der Waals surface area contributed by atoms with Gasteiger partial charge in [0.15, 0.2) is 15.9 Å². The highest BCUT2D eigenvalue weighted by molar-refractivity contribution is 9.10. The number of nitrogens with two attached hydrogens (primary N) is 1. The van der Waals surface area contributed by atoms with E-state index in [9.17, 15) is 9.90 Å². The molecule has 1 unspecified atom stereocenters. The zero-order valence-electron chi connectivity index (χ0n) is 13.4. The second kappa shape index (κ2) is 8.04. The smallest absolute Gasteiger partial charge is 0.280 e. The summed E-state index contributed by atoms with van der Waals surface area (Å²) in [6, 6.07) is 6.77. The average Bonchev–Trinajstić information content (AvgIpc) is 2.92. The van der Waals surface area contributed by atoms with E-state index < -0.39 is 11.7 Å². The molecule has 2 aromatic heterocycles. The number of ether oxygens (including phenoxy) is 2. The maximum atomic E-state index is 11.8. The number of nitrogen functional groups attached to an aromatic ring is 1. The Kier molecular flexibility index (Phi) is 5.77. The summed E-state index contributed by atoms with van der Waals surface area (Å²) in [7, 11) is 0. The fourth-order valence-electron chi connectivity index (χ4n) is 2.22. The maximum Gasteiger partial charge on any atom is 0.280 e. The van der Waals surface area contributed by atoms with Crippen molar-refractivity contribution in [3.63, 3.8) is 0 Å². The quantitative estimate of drug-likeness (QED) is 0.471. The third-order valence-electron chi connectivity index (χ3n) is 3.42. The van der Waals surface area contributed by atoms with Crippen molar-refractivity contribution in [3.8, 4) is 5.75 Å². The van der Waals surface area contributed by atoms with E-state index in [1.165, 1.54) is 4.57 Å². The fourth-order valence-corrected chi connectivity index (χ4v) is 2.79. The molecule has 0 aliphatic carbocycles. The minimum Gasteiger partial charge on any atom is -0.486 e. The number of aromatic amines is 1. The molecule has 0 fully saturated rings. The van der Waals surface area contributed by atoms with Crippen molar-refractivity contribution in [2.24, 2.45) is 0 Å². The van der Waals surface area contributed by atoms with E-state index >= 15 is 0 Å². The van der Waals surface area contributed by atoms with Gasteiger partial charge in [-0.15, -0.1) is 0 Å². The molecule has 26 heavy (non-hydrogen) atoms. The van der Waals surface area contributed by atoms with Crippen LogP contribution in [0.25, 0.3) is 11.2 Å². The van der Waals surface area contributed by atoms with E-state index in [1.807, 2.05) is 0 Å². The molecule has 0 aliphatic rings. The Bertz CT molecular complexity index is 959. The second-order valence-corrected chi connectivity index (χ2v) is 6.45. The number of aromatic nitrogens is 4. The zero-order valence-corrected chi connectivity index (χ0v) is 15.7. The van der Waals surface area contributed by atoms with E-state index in [0.717, 1.165) is 0 Å². The second-order valence-electron chi connectivity index (χ2n) is 5.31. The fraction of sp³-hybridized carbons (Fsp3) is 0.267. The molecule has 0 amide bonds. The first-order valence-corrected chi connectivity index (χ1v) is 8.67. The third-order valence-corrected chi connectivity index (χ3v) is 4.28. The summed E-state index contributed by atoms with van der Waals surface area (Å²) in [6.07, 6.45) is -0.578. The number of nitrogens with one attached hydrogen (secondary N) is 1. The Morgan fingerprint density at radius 3 is 2.77 bits per heavy atom. The van der Waals surface area contributed by atoms with Crippen molar-refractivity contribution in [1.29, 1.82) is 0 Å². The highest BCUT2D eigenvalue weighted by Gasteiger charge is 2.15. The van der Waals surface area contributed by atoms with E-state index in [-0.39, 0.29) is 37.1 Å². The molecule has 138 valence electrons. The van der Waals surface area contributed by atoms with Crippen LogP contribution in [0.15, 0.2) is 33.8 Å². The summed E-state index contributed by atoms with van der Waals surface area (Å²) >= 11 is 9.08. The standard InChI is InChI=1S/C15H15BrClN5O4/c16-14-19-11-12(20-15(18)21-13(11)24)22(14)7-25-6-10(5-23)26-9-3-1-8(17)2-4-9/h1-4,10,23H,5-7H2,(H3,18,20,21,24). The van der Waals surface area contributed by atoms with Crippen molar-refractivity contribution in [2.75, 3.05) is 18.9 Å². The number of aliphatic hydroxyl groups excluding tert-OH is 1. The number of nitrogens with zero attached hydrogens (tertiary/aromatic N) is 3. The van der Waals surface area contributed by atoms with E-state index in [2.05, 4.69) is 30.9 Å². The lowest BCUT2D eigenvalue weighted by molar-refractivity contribution is -0.00542. The highest BCUT2D eigenvalue weighted by atomic mass is 79.9. The molecule has 0 aliphatic heterocycles. The number of halogens is 2. The lowest BCUT2D eigenvalue weighted by Gasteiger charge is -2.17. The van der Waals surface area contributed by atoms with Crippen LogP contribution < -0.4 is 16.0 Å².